The third kappa shape index (κ3) is 3.60. The average Bonchev–Trinajstić information content (AvgIpc) is 2.57. The van der Waals surface area contributed by atoms with Gasteiger partial charge < -0.3 is 4.74 Å². The summed E-state index contributed by atoms with van der Waals surface area (Å²) in [4.78, 5) is 12.1. The van der Waals surface area contributed by atoms with Crippen molar-refractivity contribution in [1.29, 1.82) is 0 Å². The first kappa shape index (κ1) is 16.1. The summed E-state index contributed by atoms with van der Waals surface area (Å²) in [6.45, 7) is 0. The molecule has 0 radical (unpaired) electrons. The third-order valence-electron chi connectivity index (χ3n) is 4.13. The first-order chi connectivity index (χ1) is 11.1. The molecule has 0 saturated carbocycles. The standard InChI is InChI=1S/C19H16Cl2O2/c1-23-17-5-2-12(3-6-17)14-8-15(10-16(22)9-14)13-4-7-18(20)19(21)11-13/h2-7,10-11,14H,8-9H2,1H3/t14-/m1/s1. The lowest BCUT2D eigenvalue weighted by molar-refractivity contribution is -0.115. The van der Waals surface area contributed by atoms with Crippen LogP contribution in [0, 0.1) is 0 Å². The van der Waals surface area contributed by atoms with E-state index in [-0.39, 0.29) is 11.7 Å². The maximum atomic E-state index is 12.1. The number of hydrogen-bond donors (Lipinski definition) is 0. The Morgan fingerprint density at radius 1 is 1.00 bits per heavy atom. The Kier molecular flexibility index (Phi) is 4.74. The van der Waals surface area contributed by atoms with E-state index < -0.39 is 0 Å². The monoisotopic (exact) mass is 346 g/mol. The van der Waals surface area contributed by atoms with Crippen LogP contribution < -0.4 is 4.74 Å². The zero-order valence-electron chi connectivity index (χ0n) is 12.7. The topological polar surface area (TPSA) is 26.3 Å². The van der Waals surface area contributed by atoms with E-state index in [1.165, 1.54) is 0 Å². The molecule has 0 N–H and O–H groups in total. The smallest absolute Gasteiger partial charge is 0.156 e. The summed E-state index contributed by atoms with van der Waals surface area (Å²) in [5, 5.41) is 1.02. The van der Waals surface area contributed by atoms with Crippen LogP contribution in [0.15, 0.2) is 48.5 Å². The van der Waals surface area contributed by atoms with Gasteiger partial charge in [0.15, 0.2) is 5.78 Å². The van der Waals surface area contributed by atoms with Gasteiger partial charge in [-0.25, -0.2) is 0 Å². The second kappa shape index (κ2) is 6.77. The molecule has 4 heteroatoms. The van der Waals surface area contributed by atoms with Gasteiger partial charge in [-0.05, 0) is 59.4 Å². The normalized spacial score (nSPS) is 17.8. The minimum Gasteiger partial charge on any atom is -0.497 e. The molecule has 0 heterocycles. The molecule has 0 spiro atoms. The lowest BCUT2D eigenvalue weighted by Gasteiger charge is -2.23. The van der Waals surface area contributed by atoms with Gasteiger partial charge in [0.2, 0.25) is 0 Å². The molecule has 2 aromatic rings. The van der Waals surface area contributed by atoms with Gasteiger partial charge in [0.1, 0.15) is 5.75 Å². The van der Waals surface area contributed by atoms with Gasteiger partial charge in [0.05, 0.1) is 17.2 Å². The molecule has 0 bridgehead atoms. The molecule has 0 aliphatic heterocycles. The second-order valence-corrected chi connectivity index (χ2v) is 6.46. The molecular weight excluding hydrogens is 331 g/mol. The highest BCUT2D eigenvalue weighted by Gasteiger charge is 2.23. The zero-order chi connectivity index (χ0) is 16.4. The number of allylic oxidation sites excluding steroid dienone is 2. The molecule has 0 aromatic heterocycles. The number of halogens is 2. The highest BCUT2D eigenvalue weighted by atomic mass is 35.5. The van der Waals surface area contributed by atoms with E-state index in [2.05, 4.69) is 0 Å². The van der Waals surface area contributed by atoms with E-state index in [4.69, 9.17) is 27.9 Å². The minimum atomic E-state index is 0.137. The fourth-order valence-corrected chi connectivity index (χ4v) is 3.20. The zero-order valence-corrected chi connectivity index (χ0v) is 14.2. The summed E-state index contributed by atoms with van der Waals surface area (Å²) in [5.74, 6) is 1.12. The summed E-state index contributed by atoms with van der Waals surface area (Å²) in [7, 11) is 1.64. The van der Waals surface area contributed by atoms with Crippen molar-refractivity contribution in [3.63, 3.8) is 0 Å². The van der Waals surface area contributed by atoms with Crippen molar-refractivity contribution < 1.29 is 9.53 Å². The fraction of sp³-hybridized carbons (Fsp3) is 0.211. The number of ketones is 1. The number of carbonyl (C=O) groups excluding carboxylic acids is 1. The summed E-state index contributed by atoms with van der Waals surface area (Å²) in [6.07, 6.45) is 3.05. The predicted molar refractivity (Wildman–Crippen MR) is 94.4 cm³/mol. The molecule has 2 aromatic carbocycles. The number of methoxy groups -OCH3 is 1. The van der Waals surface area contributed by atoms with Crippen LogP contribution in [0.2, 0.25) is 10.0 Å². The van der Waals surface area contributed by atoms with Gasteiger partial charge >= 0.3 is 0 Å². The van der Waals surface area contributed by atoms with Gasteiger partial charge in [-0.2, -0.15) is 0 Å². The van der Waals surface area contributed by atoms with Gasteiger partial charge in [-0.1, -0.05) is 41.4 Å². The predicted octanol–water partition coefficient (Wildman–Crippen LogP) is 5.53. The first-order valence-corrected chi connectivity index (χ1v) is 8.15. The molecule has 1 atom stereocenters. The van der Waals surface area contributed by atoms with Crippen LogP contribution in [-0.2, 0) is 4.79 Å². The summed E-state index contributed by atoms with van der Waals surface area (Å²) < 4.78 is 5.19. The van der Waals surface area contributed by atoms with Crippen molar-refractivity contribution in [3.05, 3.63) is 69.7 Å². The van der Waals surface area contributed by atoms with Gasteiger partial charge in [0, 0.05) is 6.42 Å². The molecule has 0 fully saturated rings. The largest absolute Gasteiger partial charge is 0.497 e. The second-order valence-electron chi connectivity index (χ2n) is 5.64. The van der Waals surface area contributed by atoms with Crippen LogP contribution in [0.25, 0.3) is 5.57 Å². The number of benzene rings is 2. The summed E-state index contributed by atoms with van der Waals surface area (Å²) in [6, 6.07) is 13.4. The van der Waals surface area contributed by atoms with Crippen molar-refractivity contribution in [2.45, 2.75) is 18.8 Å². The number of carbonyl (C=O) groups is 1. The summed E-state index contributed by atoms with van der Waals surface area (Å²) in [5.41, 5.74) is 3.09. The van der Waals surface area contributed by atoms with Gasteiger partial charge in [-0.3, -0.25) is 4.79 Å². The van der Waals surface area contributed by atoms with E-state index in [1.54, 1.807) is 19.3 Å². The molecule has 23 heavy (non-hydrogen) atoms. The van der Waals surface area contributed by atoms with Crippen molar-refractivity contribution >= 4 is 34.6 Å². The average molecular weight is 347 g/mol. The molecule has 118 valence electrons. The van der Waals surface area contributed by atoms with Crippen molar-refractivity contribution in [1.82, 2.24) is 0 Å². The van der Waals surface area contributed by atoms with E-state index in [0.717, 1.165) is 28.9 Å². The first-order valence-electron chi connectivity index (χ1n) is 7.39. The SMILES string of the molecule is COc1ccc([C@H]2CC(=O)C=C(c3ccc(Cl)c(Cl)c3)C2)cc1. The molecule has 0 saturated heterocycles. The van der Waals surface area contributed by atoms with E-state index in [9.17, 15) is 4.79 Å². The highest BCUT2D eigenvalue weighted by molar-refractivity contribution is 6.42. The number of rotatable bonds is 3. The van der Waals surface area contributed by atoms with E-state index in [1.807, 2.05) is 36.4 Å². The lowest BCUT2D eigenvalue weighted by atomic mass is 9.81. The molecule has 1 aliphatic rings. The van der Waals surface area contributed by atoms with Crippen LogP contribution >= 0.6 is 23.2 Å². The van der Waals surface area contributed by atoms with Crippen molar-refractivity contribution in [3.8, 4) is 5.75 Å². The Balaban J connectivity index is 1.88. The van der Waals surface area contributed by atoms with Crippen molar-refractivity contribution in [2.75, 3.05) is 7.11 Å². The van der Waals surface area contributed by atoms with Gasteiger partial charge in [-0.15, -0.1) is 0 Å². The number of ether oxygens (including phenoxy) is 1. The fourth-order valence-electron chi connectivity index (χ4n) is 2.90. The Morgan fingerprint density at radius 2 is 1.74 bits per heavy atom. The molecule has 0 unspecified atom stereocenters. The van der Waals surface area contributed by atoms with Crippen LogP contribution in [0.1, 0.15) is 29.9 Å². The van der Waals surface area contributed by atoms with Crippen LogP contribution in [-0.4, -0.2) is 12.9 Å². The van der Waals surface area contributed by atoms with Crippen molar-refractivity contribution in [2.24, 2.45) is 0 Å². The molecule has 3 rings (SSSR count). The quantitative estimate of drug-likeness (QED) is 0.729. The van der Waals surface area contributed by atoms with Gasteiger partial charge in [0.25, 0.3) is 0 Å². The molecule has 1 aliphatic carbocycles. The summed E-state index contributed by atoms with van der Waals surface area (Å²) >= 11 is 12.1. The Morgan fingerprint density at radius 3 is 2.39 bits per heavy atom. The Hall–Kier alpha value is -1.77. The Bertz CT molecular complexity index is 763. The maximum Gasteiger partial charge on any atom is 0.156 e. The van der Waals surface area contributed by atoms with Crippen LogP contribution in [0.5, 0.6) is 5.75 Å². The van der Waals surface area contributed by atoms with Crippen LogP contribution in [0.4, 0.5) is 0 Å². The molecule has 2 nitrogen and oxygen atoms in total. The molecular formula is C19H16Cl2O2. The number of hydrogen-bond acceptors (Lipinski definition) is 2. The van der Waals surface area contributed by atoms with E-state index in [0.29, 0.717) is 16.5 Å². The lowest BCUT2D eigenvalue weighted by Crippen LogP contribution is -2.12. The Labute approximate surface area is 145 Å². The third-order valence-corrected chi connectivity index (χ3v) is 4.87. The minimum absolute atomic E-state index is 0.137. The van der Waals surface area contributed by atoms with Crippen LogP contribution in [0.3, 0.4) is 0 Å². The molecule has 0 amide bonds. The highest BCUT2D eigenvalue weighted by Crippen LogP contribution is 2.37. The van der Waals surface area contributed by atoms with E-state index >= 15 is 0 Å². The maximum absolute atomic E-state index is 12.1.